The van der Waals surface area contributed by atoms with Crippen molar-refractivity contribution in [3.05, 3.63) is 17.0 Å². The van der Waals surface area contributed by atoms with E-state index in [2.05, 4.69) is 5.16 Å². The van der Waals surface area contributed by atoms with Gasteiger partial charge in [0.1, 0.15) is 11.2 Å². The molecule has 0 radical (unpaired) electrons. The molecule has 1 aromatic heterocycles. The number of carbonyl (C=O) groups excluding carboxylic acids is 1. The van der Waals surface area contributed by atoms with Gasteiger partial charge in [-0.1, -0.05) is 5.16 Å². The second-order valence-electron chi connectivity index (χ2n) is 6.14. The number of aromatic nitrogens is 1. The average molecular weight is 296 g/mol. The number of amides is 1. The number of ether oxygens (including phenoxy) is 1. The van der Waals surface area contributed by atoms with Crippen LogP contribution in [0.3, 0.4) is 0 Å². The molecule has 7 nitrogen and oxygen atoms in total. The third-order valence-corrected chi connectivity index (χ3v) is 3.29. The quantitative estimate of drug-likeness (QED) is 0.902. The number of carboxylic acids is 1. The summed E-state index contributed by atoms with van der Waals surface area (Å²) in [6, 6.07) is -0.438. The van der Waals surface area contributed by atoms with E-state index in [1.807, 2.05) is 0 Å². The Morgan fingerprint density at radius 3 is 2.67 bits per heavy atom. The van der Waals surface area contributed by atoms with Gasteiger partial charge < -0.3 is 14.4 Å². The number of rotatable bonds is 2. The highest BCUT2D eigenvalue weighted by atomic mass is 16.6. The van der Waals surface area contributed by atoms with Crippen molar-refractivity contribution in [2.24, 2.45) is 0 Å². The van der Waals surface area contributed by atoms with Crippen LogP contribution < -0.4 is 0 Å². The van der Waals surface area contributed by atoms with Gasteiger partial charge >= 0.3 is 12.1 Å². The van der Waals surface area contributed by atoms with Gasteiger partial charge in [0.15, 0.2) is 5.76 Å². The number of aryl methyl sites for hydroxylation is 1. The molecule has 1 N–H and O–H groups in total. The molecule has 0 bridgehead atoms. The number of nitrogens with zero attached hydrogens (tertiary/aromatic N) is 2. The molecule has 1 unspecified atom stereocenters. The molecule has 1 fully saturated rings. The van der Waals surface area contributed by atoms with E-state index in [1.165, 1.54) is 4.90 Å². The summed E-state index contributed by atoms with van der Waals surface area (Å²) in [7, 11) is 0. The molecule has 1 aromatic rings. The van der Waals surface area contributed by atoms with Crippen LogP contribution in [0.5, 0.6) is 0 Å². The fourth-order valence-corrected chi connectivity index (χ4v) is 2.45. The molecule has 7 heteroatoms. The summed E-state index contributed by atoms with van der Waals surface area (Å²) in [5, 5.41) is 13.0. The number of likely N-dealkylation sites (tertiary alicyclic amines) is 1. The number of hydrogen-bond acceptors (Lipinski definition) is 5. The molecule has 1 aliphatic rings. The molecule has 0 spiro atoms. The first-order valence-electron chi connectivity index (χ1n) is 6.90. The van der Waals surface area contributed by atoms with Gasteiger partial charge in [0.25, 0.3) is 0 Å². The lowest BCUT2D eigenvalue weighted by Crippen LogP contribution is -2.36. The lowest BCUT2D eigenvalue weighted by Gasteiger charge is -2.27. The van der Waals surface area contributed by atoms with Crippen LogP contribution in [-0.2, 0) is 4.74 Å². The molecule has 116 valence electrons. The van der Waals surface area contributed by atoms with E-state index in [0.29, 0.717) is 18.7 Å². The first-order valence-corrected chi connectivity index (χ1v) is 6.90. The van der Waals surface area contributed by atoms with Gasteiger partial charge in [0, 0.05) is 6.54 Å². The minimum absolute atomic E-state index is 0.0375. The highest BCUT2D eigenvalue weighted by molar-refractivity contribution is 5.90. The number of carboxylic acid groups (broad SMARTS) is 1. The zero-order chi connectivity index (χ0) is 15.8. The Labute approximate surface area is 122 Å². The Morgan fingerprint density at radius 1 is 1.43 bits per heavy atom. The minimum Gasteiger partial charge on any atom is -0.477 e. The first-order chi connectivity index (χ1) is 9.70. The van der Waals surface area contributed by atoms with Gasteiger partial charge in [-0.05, 0) is 40.5 Å². The second-order valence-corrected chi connectivity index (χ2v) is 6.14. The maximum absolute atomic E-state index is 12.2. The molecule has 1 amide bonds. The van der Waals surface area contributed by atoms with Crippen molar-refractivity contribution in [1.82, 2.24) is 10.1 Å². The topological polar surface area (TPSA) is 92.9 Å². The Bertz CT molecular complexity index is 558. The van der Waals surface area contributed by atoms with Crippen LogP contribution in [0.25, 0.3) is 0 Å². The van der Waals surface area contributed by atoms with Gasteiger partial charge in [-0.2, -0.15) is 0 Å². The maximum atomic E-state index is 12.2. The fraction of sp³-hybridized carbons (Fsp3) is 0.643. The SMILES string of the molecule is Cc1noc(C2CCCN2C(=O)OC(C)(C)C)c1C(=O)O. The highest BCUT2D eigenvalue weighted by Crippen LogP contribution is 2.35. The lowest BCUT2D eigenvalue weighted by atomic mass is 10.1. The van der Waals surface area contributed by atoms with E-state index in [-0.39, 0.29) is 11.3 Å². The van der Waals surface area contributed by atoms with E-state index >= 15 is 0 Å². The van der Waals surface area contributed by atoms with Gasteiger partial charge in [0.2, 0.25) is 0 Å². The zero-order valence-electron chi connectivity index (χ0n) is 12.7. The molecule has 1 aliphatic heterocycles. The van der Waals surface area contributed by atoms with E-state index in [4.69, 9.17) is 9.26 Å². The van der Waals surface area contributed by atoms with Crippen molar-refractivity contribution >= 4 is 12.1 Å². The van der Waals surface area contributed by atoms with Crippen molar-refractivity contribution in [3.8, 4) is 0 Å². The smallest absolute Gasteiger partial charge is 0.410 e. The molecule has 0 aliphatic carbocycles. The third kappa shape index (κ3) is 3.17. The zero-order valence-corrected chi connectivity index (χ0v) is 12.7. The maximum Gasteiger partial charge on any atom is 0.410 e. The molecule has 1 saturated heterocycles. The molecule has 0 saturated carbocycles. The summed E-state index contributed by atoms with van der Waals surface area (Å²) in [6.45, 7) is 7.45. The van der Waals surface area contributed by atoms with Crippen molar-refractivity contribution in [3.63, 3.8) is 0 Å². The molecule has 21 heavy (non-hydrogen) atoms. The summed E-state index contributed by atoms with van der Waals surface area (Å²) < 4.78 is 10.5. The number of aromatic carboxylic acids is 1. The molecular formula is C14H20N2O5. The summed E-state index contributed by atoms with van der Waals surface area (Å²) in [5.74, 6) is -0.872. The van der Waals surface area contributed by atoms with Crippen molar-refractivity contribution in [2.75, 3.05) is 6.54 Å². The molecule has 0 aromatic carbocycles. The van der Waals surface area contributed by atoms with Crippen molar-refractivity contribution in [2.45, 2.75) is 52.2 Å². The van der Waals surface area contributed by atoms with E-state index in [1.54, 1.807) is 27.7 Å². The predicted octanol–water partition coefficient (Wildman–Crippen LogP) is 2.75. The lowest BCUT2D eigenvalue weighted by molar-refractivity contribution is 0.0201. The van der Waals surface area contributed by atoms with Crippen LogP contribution >= 0.6 is 0 Å². The molecule has 1 atom stereocenters. The second kappa shape index (κ2) is 5.38. The molecule has 2 rings (SSSR count). The van der Waals surface area contributed by atoms with Gasteiger partial charge in [0.05, 0.1) is 11.7 Å². The molecular weight excluding hydrogens is 276 g/mol. The van der Waals surface area contributed by atoms with E-state index in [0.717, 1.165) is 6.42 Å². The van der Waals surface area contributed by atoms with E-state index in [9.17, 15) is 14.7 Å². The predicted molar refractivity (Wildman–Crippen MR) is 73.1 cm³/mol. The largest absolute Gasteiger partial charge is 0.477 e. The van der Waals surface area contributed by atoms with Crippen LogP contribution in [-0.4, -0.2) is 39.4 Å². The molecule has 2 heterocycles. The summed E-state index contributed by atoms with van der Waals surface area (Å²) in [6.07, 6.45) is 0.937. The number of hydrogen-bond donors (Lipinski definition) is 1. The monoisotopic (exact) mass is 296 g/mol. The summed E-state index contributed by atoms with van der Waals surface area (Å²) in [4.78, 5) is 25.1. The van der Waals surface area contributed by atoms with E-state index < -0.39 is 23.7 Å². The summed E-state index contributed by atoms with van der Waals surface area (Å²) in [5.41, 5.74) is -0.249. The van der Waals surface area contributed by atoms with Crippen LogP contribution in [0, 0.1) is 6.92 Å². The standard InChI is InChI=1S/C14H20N2O5/c1-8-10(12(17)18)11(21-15-8)9-6-5-7-16(9)13(19)20-14(2,3)4/h9H,5-7H2,1-4H3,(H,17,18). The van der Waals surface area contributed by atoms with Crippen molar-refractivity contribution in [1.29, 1.82) is 0 Å². The van der Waals surface area contributed by atoms with Crippen molar-refractivity contribution < 1.29 is 24.0 Å². The van der Waals surface area contributed by atoms with Crippen LogP contribution in [0.2, 0.25) is 0 Å². The summed E-state index contributed by atoms with van der Waals surface area (Å²) >= 11 is 0. The van der Waals surface area contributed by atoms with Gasteiger partial charge in [-0.15, -0.1) is 0 Å². The van der Waals surface area contributed by atoms with Crippen LogP contribution in [0.4, 0.5) is 4.79 Å². The average Bonchev–Trinajstić information content (AvgIpc) is 2.91. The van der Waals surface area contributed by atoms with Gasteiger partial charge in [-0.3, -0.25) is 4.90 Å². The van der Waals surface area contributed by atoms with Crippen LogP contribution in [0.1, 0.15) is 61.5 Å². The Balaban J connectivity index is 2.27. The fourth-order valence-electron chi connectivity index (χ4n) is 2.45. The Hall–Kier alpha value is -2.05. The normalized spacial score (nSPS) is 18.9. The van der Waals surface area contributed by atoms with Crippen LogP contribution in [0.15, 0.2) is 4.52 Å². The minimum atomic E-state index is -1.10. The third-order valence-electron chi connectivity index (χ3n) is 3.29. The van der Waals surface area contributed by atoms with Gasteiger partial charge in [-0.25, -0.2) is 9.59 Å². The highest BCUT2D eigenvalue weighted by Gasteiger charge is 2.38. The Morgan fingerprint density at radius 2 is 2.10 bits per heavy atom. The number of carbonyl (C=O) groups is 2. The Kier molecular flexibility index (Phi) is 3.93. The first kappa shape index (κ1) is 15.3.